The lowest BCUT2D eigenvalue weighted by Crippen LogP contribution is -2.24. The zero-order valence-electron chi connectivity index (χ0n) is 14.1. The molecule has 0 spiro atoms. The molecule has 1 aromatic carbocycles. The Morgan fingerprint density at radius 1 is 1.33 bits per heavy atom. The molecule has 1 aromatic heterocycles. The highest BCUT2D eigenvalue weighted by atomic mass is 79.9. The molecule has 1 aliphatic carbocycles. The summed E-state index contributed by atoms with van der Waals surface area (Å²) >= 11 is 3.33. The highest BCUT2D eigenvalue weighted by molar-refractivity contribution is 9.10. The van der Waals surface area contributed by atoms with Gasteiger partial charge in [-0.15, -0.1) is 0 Å². The van der Waals surface area contributed by atoms with E-state index in [2.05, 4.69) is 31.2 Å². The monoisotopic (exact) mass is 449 g/mol. The van der Waals surface area contributed by atoms with Crippen LogP contribution in [0.1, 0.15) is 42.4 Å². The molecule has 3 rings (SSSR count). The Bertz CT molecular complexity index is 800. The molecule has 0 bridgehead atoms. The van der Waals surface area contributed by atoms with Crippen molar-refractivity contribution in [3.05, 3.63) is 57.8 Å². The number of carbonyl (C=O) groups is 1. The van der Waals surface area contributed by atoms with E-state index in [-0.39, 0.29) is 17.9 Å². The first-order valence-electron chi connectivity index (χ1n) is 7.90. The highest BCUT2D eigenvalue weighted by Crippen LogP contribution is 2.34. The quantitative estimate of drug-likeness (QED) is 0.681. The van der Waals surface area contributed by atoms with E-state index in [4.69, 9.17) is 9.90 Å². The summed E-state index contributed by atoms with van der Waals surface area (Å²) in [6.07, 6.45) is 0.0935. The number of hydrogen-bond acceptors (Lipinski definition) is 4. The molecule has 2 N–H and O–H groups in total. The summed E-state index contributed by atoms with van der Waals surface area (Å²) in [6.45, 7) is 2.03. The van der Waals surface area contributed by atoms with Crippen molar-refractivity contribution in [1.82, 2.24) is 15.3 Å². The van der Waals surface area contributed by atoms with E-state index in [1.807, 2.05) is 13.0 Å². The molecule has 0 radical (unpaired) electrons. The van der Waals surface area contributed by atoms with Crippen LogP contribution in [-0.4, -0.2) is 27.2 Å². The minimum Gasteiger partial charge on any atom is -0.475 e. The maximum atomic E-state index is 13.7. The Morgan fingerprint density at radius 2 is 1.93 bits per heavy atom. The van der Waals surface area contributed by atoms with Crippen molar-refractivity contribution in [3.8, 4) is 0 Å². The van der Waals surface area contributed by atoms with E-state index in [1.165, 1.54) is 6.07 Å². The number of benzene rings is 1. The van der Waals surface area contributed by atoms with Gasteiger partial charge in [0.25, 0.3) is 0 Å². The topological polar surface area (TPSA) is 75.1 Å². The first kappa shape index (κ1) is 21.2. The highest BCUT2D eigenvalue weighted by Gasteiger charge is 2.38. The van der Waals surface area contributed by atoms with Crippen molar-refractivity contribution in [1.29, 1.82) is 0 Å². The third kappa shape index (κ3) is 5.70. The summed E-state index contributed by atoms with van der Waals surface area (Å²) in [4.78, 5) is 17.5. The van der Waals surface area contributed by atoms with Crippen LogP contribution in [0.15, 0.2) is 35.1 Å². The van der Waals surface area contributed by atoms with Crippen LogP contribution < -0.4 is 5.32 Å². The van der Waals surface area contributed by atoms with Crippen LogP contribution >= 0.6 is 15.9 Å². The van der Waals surface area contributed by atoms with Gasteiger partial charge in [0.1, 0.15) is 11.6 Å². The molecule has 146 valence electrons. The van der Waals surface area contributed by atoms with E-state index < -0.39 is 12.1 Å². The fourth-order valence-electron chi connectivity index (χ4n) is 2.71. The fourth-order valence-corrected chi connectivity index (χ4v) is 2.91. The molecule has 0 saturated heterocycles. The molecule has 0 saturated carbocycles. The Labute approximate surface area is 161 Å². The standard InChI is InChI=1S/C15H15BrFN3.C2HF3O2/c1-9(15-18-7-10(16)8-19-15)20-14-6-5-11-12(14)3-2-4-13(11)17;3-2(4,5)1(6)7/h2-4,7-9,14,20H,5-6H2,1H3;(H,6,7). The van der Waals surface area contributed by atoms with Gasteiger partial charge in [-0.2, -0.15) is 13.2 Å². The predicted octanol–water partition coefficient (Wildman–Crippen LogP) is 4.35. The van der Waals surface area contributed by atoms with Crippen LogP contribution in [0.4, 0.5) is 17.6 Å². The number of hydrogen-bond donors (Lipinski definition) is 2. The van der Waals surface area contributed by atoms with Crippen molar-refractivity contribution in [2.24, 2.45) is 0 Å². The molecule has 2 aromatic rings. The molecule has 27 heavy (non-hydrogen) atoms. The van der Waals surface area contributed by atoms with Crippen molar-refractivity contribution < 1.29 is 27.5 Å². The zero-order valence-corrected chi connectivity index (χ0v) is 15.7. The summed E-state index contributed by atoms with van der Waals surface area (Å²) < 4.78 is 46.3. The number of carboxylic acid groups (broad SMARTS) is 1. The van der Waals surface area contributed by atoms with Crippen molar-refractivity contribution in [3.63, 3.8) is 0 Å². The average molecular weight is 450 g/mol. The minimum absolute atomic E-state index is 0.0299. The van der Waals surface area contributed by atoms with Crippen LogP contribution in [0.2, 0.25) is 0 Å². The van der Waals surface area contributed by atoms with Crippen molar-refractivity contribution >= 4 is 21.9 Å². The van der Waals surface area contributed by atoms with Gasteiger partial charge in [-0.3, -0.25) is 0 Å². The number of halogens is 5. The van der Waals surface area contributed by atoms with Crippen molar-refractivity contribution in [2.75, 3.05) is 0 Å². The lowest BCUT2D eigenvalue weighted by atomic mass is 10.1. The molecular weight excluding hydrogens is 434 g/mol. The van der Waals surface area contributed by atoms with Gasteiger partial charge >= 0.3 is 12.1 Å². The molecule has 2 atom stereocenters. The molecule has 0 aliphatic heterocycles. The van der Waals surface area contributed by atoms with Gasteiger partial charge in [0.05, 0.1) is 10.5 Å². The number of aromatic nitrogens is 2. The number of rotatable bonds is 3. The maximum Gasteiger partial charge on any atom is 0.490 e. The summed E-state index contributed by atoms with van der Waals surface area (Å²) in [5.41, 5.74) is 1.91. The Balaban J connectivity index is 0.000000321. The van der Waals surface area contributed by atoms with Crippen molar-refractivity contribution in [2.45, 2.75) is 38.0 Å². The molecular formula is C17H16BrF4N3O2. The fraction of sp³-hybridized carbons (Fsp3) is 0.353. The summed E-state index contributed by atoms with van der Waals surface area (Å²) in [5, 5.41) is 10.6. The van der Waals surface area contributed by atoms with E-state index in [9.17, 15) is 17.6 Å². The molecule has 0 fully saturated rings. The third-order valence-electron chi connectivity index (χ3n) is 3.93. The van der Waals surface area contributed by atoms with Gasteiger partial charge in [0.15, 0.2) is 0 Å². The Morgan fingerprint density at radius 3 is 2.48 bits per heavy atom. The lowest BCUT2D eigenvalue weighted by Gasteiger charge is -2.19. The smallest absolute Gasteiger partial charge is 0.475 e. The van der Waals surface area contributed by atoms with Gasteiger partial charge in [-0.05, 0) is 52.9 Å². The van der Waals surface area contributed by atoms with E-state index in [0.29, 0.717) is 0 Å². The second-order valence-electron chi connectivity index (χ2n) is 5.85. The van der Waals surface area contributed by atoms with Gasteiger partial charge < -0.3 is 10.4 Å². The van der Waals surface area contributed by atoms with Crippen LogP contribution in [0.25, 0.3) is 0 Å². The molecule has 2 unspecified atom stereocenters. The number of aliphatic carboxylic acids is 1. The number of carboxylic acids is 1. The summed E-state index contributed by atoms with van der Waals surface area (Å²) in [7, 11) is 0. The molecule has 10 heteroatoms. The van der Waals surface area contributed by atoms with Gasteiger partial charge in [0, 0.05) is 18.4 Å². The number of alkyl halides is 3. The van der Waals surface area contributed by atoms with Crippen LogP contribution in [0, 0.1) is 5.82 Å². The zero-order chi connectivity index (χ0) is 20.2. The number of nitrogens with zero attached hydrogens (tertiary/aromatic N) is 2. The minimum atomic E-state index is -5.08. The van der Waals surface area contributed by atoms with E-state index in [1.54, 1.807) is 18.5 Å². The van der Waals surface area contributed by atoms with Gasteiger partial charge in [0.2, 0.25) is 0 Å². The first-order valence-corrected chi connectivity index (χ1v) is 8.69. The molecule has 5 nitrogen and oxygen atoms in total. The van der Waals surface area contributed by atoms with Gasteiger partial charge in [-0.25, -0.2) is 19.2 Å². The Hall–Kier alpha value is -2.07. The molecule has 1 heterocycles. The van der Waals surface area contributed by atoms with Crippen LogP contribution in [0.5, 0.6) is 0 Å². The maximum absolute atomic E-state index is 13.7. The predicted molar refractivity (Wildman–Crippen MR) is 92.4 cm³/mol. The number of nitrogens with one attached hydrogen (secondary N) is 1. The lowest BCUT2D eigenvalue weighted by molar-refractivity contribution is -0.192. The van der Waals surface area contributed by atoms with E-state index >= 15 is 0 Å². The summed E-state index contributed by atoms with van der Waals surface area (Å²) in [5.74, 6) is -2.11. The van der Waals surface area contributed by atoms with Crippen LogP contribution in [-0.2, 0) is 11.2 Å². The Kier molecular flexibility index (Phi) is 6.88. The molecule has 1 aliphatic rings. The van der Waals surface area contributed by atoms with E-state index in [0.717, 1.165) is 34.3 Å². The largest absolute Gasteiger partial charge is 0.490 e. The second-order valence-corrected chi connectivity index (χ2v) is 6.77. The van der Waals surface area contributed by atoms with Gasteiger partial charge in [-0.1, -0.05) is 12.1 Å². The SMILES string of the molecule is CC(NC1CCc2c(F)cccc21)c1ncc(Br)cn1.O=C(O)C(F)(F)F. The normalized spacial score (nSPS) is 16.9. The number of fused-ring (bicyclic) bond motifs is 1. The second kappa shape index (κ2) is 8.75. The third-order valence-corrected chi connectivity index (χ3v) is 4.34. The summed E-state index contributed by atoms with van der Waals surface area (Å²) in [6, 6.07) is 5.50. The average Bonchev–Trinajstić information content (AvgIpc) is 2.99. The molecule has 0 amide bonds. The van der Waals surface area contributed by atoms with Crippen LogP contribution in [0.3, 0.4) is 0 Å². The first-order chi connectivity index (χ1) is 12.6.